The van der Waals surface area contributed by atoms with Gasteiger partial charge in [-0.1, -0.05) is 23.4 Å². The van der Waals surface area contributed by atoms with Crippen molar-refractivity contribution in [3.8, 4) is 5.75 Å². The second-order valence-corrected chi connectivity index (χ2v) is 6.71. The van der Waals surface area contributed by atoms with Crippen molar-refractivity contribution < 1.29 is 19.4 Å². The highest BCUT2D eigenvalue weighted by atomic mass is 16.5. The Hall–Kier alpha value is -2.93. The first-order chi connectivity index (χ1) is 13.5. The number of methoxy groups -OCH3 is 1. The van der Waals surface area contributed by atoms with E-state index < -0.39 is 0 Å². The number of ether oxygens (including phenoxy) is 2. The second-order valence-electron chi connectivity index (χ2n) is 6.71. The molecule has 7 nitrogen and oxygen atoms in total. The fourth-order valence-corrected chi connectivity index (χ4v) is 3.43. The number of esters is 1. The molecule has 0 saturated carbocycles. The molecule has 1 aromatic heterocycles. The van der Waals surface area contributed by atoms with Gasteiger partial charge < -0.3 is 14.6 Å². The van der Waals surface area contributed by atoms with Crippen molar-refractivity contribution in [3.05, 3.63) is 52.6 Å². The third-order valence-corrected chi connectivity index (χ3v) is 4.93. The minimum atomic E-state index is -0.281. The van der Waals surface area contributed by atoms with Gasteiger partial charge in [-0.25, -0.2) is 4.68 Å². The fraction of sp³-hybridized carbons (Fsp3) is 0.381. The third kappa shape index (κ3) is 3.84. The van der Waals surface area contributed by atoms with Crippen LogP contribution in [0.3, 0.4) is 0 Å². The lowest BCUT2D eigenvalue weighted by Gasteiger charge is -2.20. The predicted molar refractivity (Wildman–Crippen MR) is 105 cm³/mol. The molecule has 0 aliphatic carbocycles. The molecule has 0 spiro atoms. The summed E-state index contributed by atoms with van der Waals surface area (Å²) < 4.78 is 12.4. The number of aliphatic hydroxyl groups is 1. The van der Waals surface area contributed by atoms with Crippen molar-refractivity contribution in [1.82, 2.24) is 15.0 Å². The maximum atomic E-state index is 12.3. The minimum Gasteiger partial charge on any atom is -0.494 e. The molecule has 3 aromatic rings. The molecule has 1 heterocycles. The average molecular weight is 383 g/mol. The number of benzene rings is 2. The third-order valence-electron chi connectivity index (χ3n) is 4.93. The molecule has 1 atom stereocenters. The molecule has 0 radical (unpaired) electrons. The molecule has 0 unspecified atom stereocenters. The van der Waals surface area contributed by atoms with Crippen LogP contribution in [0, 0.1) is 6.92 Å². The summed E-state index contributed by atoms with van der Waals surface area (Å²) in [6.45, 7) is 4.01. The number of nitrogens with zero attached hydrogens (tertiary/aromatic N) is 3. The summed E-state index contributed by atoms with van der Waals surface area (Å²) in [4.78, 5) is 12.3. The highest BCUT2D eigenvalue weighted by molar-refractivity contribution is 5.83. The fourth-order valence-electron chi connectivity index (χ4n) is 3.43. The van der Waals surface area contributed by atoms with E-state index in [9.17, 15) is 9.90 Å². The highest BCUT2D eigenvalue weighted by Gasteiger charge is 2.23. The van der Waals surface area contributed by atoms with E-state index in [0.29, 0.717) is 17.9 Å². The quantitative estimate of drug-likeness (QED) is 0.632. The molecule has 0 bridgehead atoms. The zero-order valence-corrected chi connectivity index (χ0v) is 16.6. The molecule has 3 rings (SSSR count). The molecule has 1 N–H and O–H groups in total. The van der Waals surface area contributed by atoms with Crippen LogP contribution in [-0.2, 0) is 23.2 Å². The van der Waals surface area contributed by atoms with Gasteiger partial charge in [0.05, 0.1) is 26.7 Å². The Bertz CT molecular complexity index is 997. The van der Waals surface area contributed by atoms with Gasteiger partial charge in [-0.05, 0) is 48.2 Å². The number of rotatable bonds is 7. The molecule has 28 heavy (non-hydrogen) atoms. The standard InChI is InChI=1S/C21H25N3O4/c1-5-28-20(26)11-17(14-7-6-13(2)16(8-14)12-25)15-9-18-21(19(10-15)27-4)24(3)23-22-18/h6-10,17,25H,5,11-12H2,1-4H3/t17-/m0/s1. The Morgan fingerprint density at radius 2 is 2.04 bits per heavy atom. The summed E-state index contributed by atoms with van der Waals surface area (Å²) in [5.41, 5.74) is 5.13. The monoisotopic (exact) mass is 383 g/mol. The largest absolute Gasteiger partial charge is 0.494 e. The molecule has 0 saturated heterocycles. The van der Waals surface area contributed by atoms with Gasteiger partial charge in [0.25, 0.3) is 0 Å². The minimum absolute atomic E-state index is 0.0572. The lowest BCUT2D eigenvalue weighted by Crippen LogP contribution is -2.12. The Labute approximate surface area is 163 Å². The van der Waals surface area contributed by atoms with Gasteiger partial charge in [0, 0.05) is 13.0 Å². The molecule has 0 amide bonds. The molecule has 0 fully saturated rings. The molecule has 0 aliphatic heterocycles. The average Bonchev–Trinajstić information content (AvgIpc) is 3.07. The van der Waals surface area contributed by atoms with Gasteiger partial charge in [-0.2, -0.15) is 0 Å². The van der Waals surface area contributed by atoms with Crippen LogP contribution in [0.15, 0.2) is 30.3 Å². The van der Waals surface area contributed by atoms with Gasteiger partial charge in [0.2, 0.25) is 0 Å². The summed E-state index contributed by atoms with van der Waals surface area (Å²) in [5, 5.41) is 17.9. The van der Waals surface area contributed by atoms with Crippen molar-refractivity contribution in [2.75, 3.05) is 13.7 Å². The van der Waals surface area contributed by atoms with Crippen LogP contribution >= 0.6 is 0 Å². The molecule has 0 aliphatic rings. The van der Waals surface area contributed by atoms with Crippen molar-refractivity contribution in [3.63, 3.8) is 0 Å². The molecular weight excluding hydrogens is 358 g/mol. The van der Waals surface area contributed by atoms with Crippen molar-refractivity contribution >= 4 is 17.0 Å². The summed E-state index contributed by atoms with van der Waals surface area (Å²) in [5.74, 6) is 0.102. The molecule has 148 valence electrons. The predicted octanol–water partition coefficient (Wildman–Crippen LogP) is 2.86. The smallest absolute Gasteiger partial charge is 0.306 e. The summed E-state index contributed by atoms with van der Waals surface area (Å²) in [7, 11) is 3.41. The number of hydrogen-bond donors (Lipinski definition) is 1. The van der Waals surface area contributed by atoms with E-state index in [1.54, 1.807) is 25.8 Å². The van der Waals surface area contributed by atoms with E-state index in [1.807, 2.05) is 37.3 Å². The van der Waals surface area contributed by atoms with Crippen molar-refractivity contribution in [2.45, 2.75) is 32.8 Å². The number of fused-ring (bicyclic) bond motifs is 1. The van der Waals surface area contributed by atoms with Crippen LogP contribution in [0.5, 0.6) is 5.75 Å². The number of aryl methyl sites for hydroxylation is 2. The lowest BCUT2D eigenvalue weighted by molar-refractivity contribution is -0.143. The van der Waals surface area contributed by atoms with Crippen LogP contribution in [0.1, 0.15) is 41.5 Å². The van der Waals surface area contributed by atoms with E-state index in [4.69, 9.17) is 9.47 Å². The number of carbonyl (C=O) groups is 1. The van der Waals surface area contributed by atoms with Crippen LogP contribution in [0.25, 0.3) is 11.0 Å². The summed E-state index contributed by atoms with van der Waals surface area (Å²) >= 11 is 0. The zero-order chi connectivity index (χ0) is 20.3. The first-order valence-corrected chi connectivity index (χ1v) is 9.21. The number of aliphatic hydroxyl groups excluding tert-OH is 1. The number of hydrogen-bond acceptors (Lipinski definition) is 6. The SMILES string of the molecule is CCOC(=O)C[C@@H](c1ccc(C)c(CO)c1)c1cc(OC)c2c(c1)nnn2C. The van der Waals surface area contributed by atoms with Gasteiger partial charge in [-0.15, -0.1) is 5.10 Å². The van der Waals surface area contributed by atoms with E-state index in [0.717, 1.165) is 27.8 Å². The van der Waals surface area contributed by atoms with E-state index in [2.05, 4.69) is 10.3 Å². The Morgan fingerprint density at radius 3 is 2.71 bits per heavy atom. The number of carbonyl (C=O) groups excluding carboxylic acids is 1. The van der Waals surface area contributed by atoms with Crippen LogP contribution < -0.4 is 4.74 Å². The normalized spacial score (nSPS) is 12.2. The Balaban J connectivity index is 2.13. The molecule has 7 heteroatoms. The first kappa shape index (κ1) is 19.8. The lowest BCUT2D eigenvalue weighted by atomic mass is 9.86. The maximum absolute atomic E-state index is 12.3. The Morgan fingerprint density at radius 1 is 1.25 bits per heavy atom. The van der Waals surface area contributed by atoms with Gasteiger partial charge >= 0.3 is 5.97 Å². The number of aromatic nitrogens is 3. The molecular formula is C21H25N3O4. The van der Waals surface area contributed by atoms with Crippen molar-refractivity contribution in [1.29, 1.82) is 0 Å². The molecule has 2 aromatic carbocycles. The summed E-state index contributed by atoms with van der Waals surface area (Å²) in [6.07, 6.45) is 0.177. The van der Waals surface area contributed by atoms with Crippen LogP contribution in [-0.4, -0.2) is 39.8 Å². The maximum Gasteiger partial charge on any atom is 0.306 e. The van der Waals surface area contributed by atoms with Crippen LogP contribution in [0.2, 0.25) is 0 Å². The van der Waals surface area contributed by atoms with E-state index >= 15 is 0 Å². The van der Waals surface area contributed by atoms with Gasteiger partial charge in [0.1, 0.15) is 16.8 Å². The summed E-state index contributed by atoms with van der Waals surface area (Å²) in [6, 6.07) is 9.71. The highest BCUT2D eigenvalue weighted by Crippen LogP contribution is 2.35. The zero-order valence-electron chi connectivity index (χ0n) is 16.6. The van der Waals surface area contributed by atoms with Gasteiger partial charge in [0.15, 0.2) is 0 Å². The Kier molecular flexibility index (Phi) is 5.94. The topological polar surface area (TPSA) is 86.5 Å². The second kappa shape index (κ2) is 8.39. The van der Waals surface area contributed by atoms with Crippen molar-refractivity contribution in [2.24, 2.45) is 7.05 Å². The first-order valence-electron chi connectivity index (χ1n) is 9.21. The van der Waals surface area contributed by atoms with Gasteiger partial charge in [-0.3, -0.25) is 4.79 Å². The van der Waals surface area contributed by atoms with Crippen LogP contribution in [0.4, 0.5) is 0 Å². The van der Waals surface area contributed by atoms with E-state index in [1.165, 1.54) is 0 Å². The van der Waals surface area contributed by atoms with E-state index in [-0.39, 0.29) is 24.9 Å².